The van der Waals surface area contributed by atoms with Crippen LogP contribution in [-0.4, -0.2) is 15.4 Å². The summed E-state index contributed by atoms with van der Waals surface area (Å²) in [6, 6.07) is 8.21. The van der Waals surface area contributed by atoms with Gasteiger partial charge < -0.3 is 4.57 Å². The summed E-state index contributed by atoms with van der Waals surface area (Å²) in [6.07, 6.45) is 2.08. The molecule has 2 aromatic rings. The molecular weight excluding hydrogens is 232 g/mol. The standard InChI is InChI=1S/C14H17ClN2/c1-3-6-14-16-12-7-4-5-8-13(12)17(14)10-11(2)9-15/h4-5,7-8H,2-3,6,9-10H2,1H3. The van der Waals surface area contributed by atoms with Gasteiger partial charge in [0.25, 0.3) is 0 Å². The smallest absolute Gasteiger partial charge is 0.110 e. The number of benzene rings is 1. The maximum atomic E-state index is 5.82. The number of imidazole rings is 1. The van der Waals surface area contributed by atoms with Gasteiger partial charge in [0.05, 0.1) is 11.0 Å². The number of allylic oxidation sites excluding steroid dienone is 1. The molecule has 0 bridgehead atoms. The summed E-state index contributed by atoms with van der Waals surface area (Å²) in [7, 11) is 0. The van der Waals surface area contributed by atoms with E-state index in [1.807, 2.05) is 12.1 Å². The Balaban J connectivity index is 2.47. The highest BCUT2D eigenvalue weighted by molar-refractivity contribution is 6.19. The van der Waals surface area contributed by atoms with Crippen LogP contribution in [0.3, 0.4) is 0 Å². The quantitative estimate of drug-likeness (QED) is 0.582. The average molecular weight is 249 g/mol. The minimum absolute atomic E-state index is 0.498. The molecule has 0 fully saturated rings. The van der Waals surface area contributed by atoms with Gasteiger partial charge >= 0.3 is 0 Å². The SMILES string of the molecule is C=C(CCl)Cn1c(CCC)nc2ccccc21. The van der Waals surface area contributed by atoms with Gasteiger partial charge in [0.2, 0.25) is 0 Å². The van der Waals surface area contributed by atoms with Crippen LogP contribution in [0.2, 0.25) is 0 Å². The highest BCUT2D eigenvalue weighted by Crippen LogP contribution is 2.18. The van der Waals surface area contributed by atoms with Crippen LogP contribution in [0.1, 0.15) is 19.2 Å². The Hall–Kier alpha value is -1.28. The van der Waals surface area contributed by atoms with Crippen molar-refractivity contribution < 1.29 is 0 Å². The first kappa shape index (κ1) is 12.2. The summed E-state index contributed by atoms with van der Waals surface area (Å²) in [5.74, 6) is 1.62. The molecule has 3 heteroatoms. The number of alkyl halides is 1. The van der Waals surface area contributed by atoms with Crippen molar-refractivity contribution in [1.82, 2.24) is 9.55 Å². The van der Waals surface area contributed by atoms with Crippen LogP contribution in [-0.2, 0) is 13.0 Å². The van der Waals surface area contributed by atoms with Gasteiger partial charge in [-0.05, 0) is 24.1 Å². The third kappa shape index (κ3) is 2.52. The van der Waals surface area contributed by atoms with E-state index in [1.54, 1.807) is 0 Å². The van der Waals surface area contributed by atoms with Crippen LogP contribution >= 0.6 is 11.6 Å². The highest BCUT2D eigenvalue weighted by atomic mass is 35.5. The number of hydrogen-bond acceptors (Lipinski definition) is 1. The molecular formula is C14H17ClN2. The molecule has 0 saturated heterocycles. The van der Waals surface area contributed by atoms with Crippen LogP contribution in [0, 0.1) is 0 Å². The Morgan fingerprint density at radius 3 is 2.88 bits per heavy atom. The topological polar surface area (TPSA) is 17.8 Å². The second kappa shape index (κ2) is 5.37. The van der Waals surface area contributed by atoms with Crippen LogP contribution in [0.5, 0.6) is 0 Å². The molecule has 0 aliphatic rings. The first-order chi connectivity index (χ1) is 8.26. The van der Waals surface area contributed by atoms with E-state index in [9.17, 15) is 0 Å². The summed E-state index contributed by atoms with van der Waals surface area (Å²) in [4.78, 5) is 4.67. The normalized spacial score (nSPS) is 10.9. The van der Waals surface area contributed by atoms with E-state index in [2.05, 4.69) is 35.2 Å². The maximum Gasteiger partial charge on any atom is 0.110 e. The van der Waals surface area contributed by atoms with Crippen molar-refractivity contribution >= 4 is 22.6 Å². The molecule has 0 aliphatic heterocycles. The number of hydrogen-bond donors (Lipinski definition) is 0. The molecule has 2 nitrogen and oxygen atoms in total. The van der Waals surface area contributed by atoms with Gasteiger partial charge in [0.1, 0.15) is 5.82 Å². The van der Waals surface area contributed by atoms with Gasteiger partial charge in [0, 0.05) is 18.8 Å². The summed E-state index contributed by atoms with van der Waals surface area (Å²) in [5, 5.41) is 0. The van der Waals surface area contributed by atoms with Gasteiger partial charge in [0.15, 0.2) is 0 Å². The first-order valence-electron chi connectivity index (χ1n) is 5.93. The van der Waals surface area contributed by atoms with Crippen LogP contribution in [0.25, 0.3) is 11.0 Å². The summed E-state index contributed by atoms with van der Waals surface area (Å²) in [5.41, 5.74) is 3.24. The maximum absolute atomic E-state index is 5.82. The predicted octanol–water partition coefficient (Wildman–Crippen LogP) is 3.78. The van der Waals surface area contributed by atoms with Gasteiger partial charge in [-0.1, -0.05) is 25.6 Å². The van der Waals surface area contributed by atoms with E-state index in [-0.39, 0.29) is 0 Å². The van der Waals surface area contributed by atoms with Crippen molar-refractivity contribution in [3.05, 3.63) is 42.2 Å². The van der Waals surface area contributed by atoms with Crippen molar-refractivity contribution in [1.29, 1.82) is 0 Å². The zero-order valence-electron chi connectivity index (χ0n) is 10.1. The lowest BCUT2D eigenvalue weighted by Gasteiger charge is -2.09. The molecule has 1 heterocycles. The van der Waals surface area contributed by atoms with E-state index in [4.69, 9.17) is 11.6 Å². The van der Waals surface area contributed by atoms with E-state index < -0.39 is 0 Å². The van der Waals surface area contributed by atoms with Gasteiger partial charge in [-0.3, -0.25) is 0 Å². The Bertz CT molecular complexity index is 528. The third-order valence-corrected chi connectivity index (χ3v) is 3.16. The molecule has 0 N–H and O–H groups in total. The summed E-state index contributed by atoms with van der Waals surface area (Å²) < 4.78 is 2.23. The number of halogens is 1. The fourth-order valence-corrected chi connectivity index (χ4v) is 2.07. The highest BCUT2D eigenvalue weighted by Gasteiger charge is 2.09. The predicted molar refractivity (Wildman–Crippen MR) is 73.6 cm³/mol. The van der Waals surface area contributed by atoms with Crippen LogP contribution in [0.4, 0.5) is 0 Å². The molecule has 0 saturated carbocycles. The average Bonchev–Trinajstić information content (AvgIpc) is 2.68. The largest absolute Gasteiger partial charge is 0.324 e. The molecule has 17 heavy (non-hydrogen) atoms. The van der Waals surface area contributed by atoms with Crippen LogP contribution < -0.4 is 0 Å². The van der Waals surface area contributed by atoms with Gasteiger partial charge in [-0.25, -0.2) is 4.98 Å². The van der Waals surface area contributed by atoms with Crippen molar-refractivity contribution in [2.24, 2.45) is 0 Å². The Labute approximate surface area is 107 Å². The Morgan fingerprint density at radius 1 is 1.41 bits per heavy atom. The Kier molecular flexibility index (Phi) is 3.85. The lowest BCUT2D eigenvalue weighted by molar-refractivity contribution is 0.716. The van der Waals surface area contributed by atoms with Gasteiger partial charge in [-0.2, -0.15) is 0 Å². The second-order valence-corrected chi connectivity index (χ2v) is 4.50. The number of aromatic nitrogens is 2. The van der Waals surface area contributed by atoms with E-state index in [0.29, 0.717) is 5.88 Å². The summed E-state index contributed by atoms with van der Waals surface area (Å²) >= 11 is 5.82. The molecule has 90 valence electrons. The minimum Gasteiger partial charge on any atom is -0.324 e. The first-order valence-corrected chi connectivity index (χ1v) is 6.46. The molecule has 1 aromatic carbocycles. The number of rotatable bonds is 5. The fourth-order valence-electron chi connectivity index (χ4n) is 1.98. The summed E-state index contributed by atoms with van der Waals surface area (Å²) in [6.45, 7) is 6.91. The number of aryl methyl sites for hydroxylation is 1. The minimum atomic E-state index is 0.498. The van der Waals surface area contributed by atoms with E-state index in [1.165, 1.54) is 5.52 Å². The molecule has 2 rings (SSSR count). The van der Waals surface area contributed by atoms with Crippen molar-refractivity contribution in [2.45, 2.75) is 26.3 Å². The van der Waals surface area contributed by atoms with E-state index in [0.717, 1.165) is 36.3 Å². The van der Waals surface area contributed by atoms with Crippen molar-refractivity contribution in [3.63, 3.8) is 0 Å². The van der Waals surface area contributed by atoms with E-state index >= 15 is 0 Å². The molecule has 1 aromatic heterocycles. The third-order valence-electron chi connectivity index (χ3n) is 2.78. The van der Waals surface area contributed by atoms with Crippen molar-refractivity contribution in [3.8, 4) is 0 Å². The monoisotopic (exact) mass is 248 g/mol. The number of fused-ring (bicyclic) bond motifs is 1. The van der Waals surface area contributed by atoms with Crippen molar-refractivity contribution in [2.75, 3.05) is 5.88 Å². The Morgan fingerprint density at radius 2 is 2.18 bits per heavy atom. The lowest BCUT2D eigenvalue weighted by atomic mass is 10.3. The number of nitrogens with zero attached hydrogens (tertiary/aromatic N) is 2. The fraction of sp³-hybridized carbons (Fsp3) is 0.357. The molecule has 0 amide bonds. The molecule has 0 aliphatic carbocycles. The van der Waals surface area contributed by atoms with Crippen LogP contribution in [0.15, 0.2) is 36.4 Å². The van der Waals surface area contributed by atoms with Gasteiger partial charge in [-0.15, -0.1) is 11.6 Å². The zero-order valence-corrected chi connectivity index (χ0v) is 10.9. The molecule has 0 atom stereocenters. The second-order valence-electron chi connectivity index (χ2n) is 4.24. The molecule has 0 unspecified atom stereocenters. The zero-order chi connectivity index (χ0) is 12.3. The number of para-hydroxylation sites is 2. The lowest BCUT2D eigenvalue weighted by Crippen LogP contribution is -2.06. The molecule has 0 spiro atoms. The molecule has 0 radical (unpaired) electrons.